The van der Waals surface area contributed by atoms with Crippen molar-refractivity contribution in [1.29, 1.82) is 0 Å². The molecule has 0 unspecified atom stereocenters. The predicted molar refractivity (Wildman–Crippen MR) is 63.8 cm³/mol. The zero-order valence-electron chi connectivity index (χ0n) is 9.03. The lowest BCUT2D eigenvalue weighted by Crippen LogP contribution is -2.11. The first kappa shape index (κ1) is 13.0. The Bertz CT molecular complexity index is 371. The Hall–Kier alpha value is -1.04. The van der Waals surface area contributed by atoms with E-state index in [-0.39, 0.29) is 17.4 Å². The van der Waals surface area contributed by atoms with Crippen molar-refractivity contribution >= 4 is 17.2 Å². The highest BCUT2D eigenvalue weighted by Crippen LogP contribution is 2.11. The summed E-state index contributed by atoms with van der Waals surface area (Å²) in [5.41, 5.74) is 6.54. The number of nitrogens with two attached hydrogens (primary N) is 1. The molecular formula is C11H14FNO2S. The van der Waals surface area contributed by atoms with Gasteiger partial charge in [-0.1, -0.05) is 12.2 Å². The number of hydrogen-bond donors (Lipinski definition) is 1. The number of rotatable bonds is 6. The van der Waals surface area contributed by atoms with Gasteiger partial charge in [0.2, 0.25) is 0 Å². The summed E-state index contributed by atoms with van der Waals surface area (Å²) in [5.74, 6) is -0.322. The number of ether oxygens (including phenoxy) is 2. The largest absolute Gasteiger partial charge is 0.389 e. The van der Waals surface area contributed by atoms with Crippen LogP contribution in [0, 0.1) is 5.82 Å². The zero-order valence-corrected chi connectivity index (χ0v) is 9.85. The highest BCUT2D eigenvalue weighted by atomic mass is 32.1. The summed E-state index contributed by atoms with van der Waals surface area (Å²) in [5, 5.41) is 0. The van der Waals surface area contributed by atoms with Gasteiger partial charge >= 0.3 is 0 Å². The van der Waals surface area contributed by atoms with Crippen LogP contribution in [0.5, 0.6) is 0 Å². The van der Waals surface area contributed by atoms with Crippen molar-refractivity contribution in [2.24, 2.45) is 5.73 Å². The van der Waals surface area contributed by atoms with Crippen molar-refractivity contribution in [3.8, 4) is 0 Å². The molecular weight excluding hydrogens is 229 g/mol. The zero-order chi connectivity index (χ0) is 12.0. The van der Waals surface area contributed by atoms with Crippen molar-refractivity contribution < 1.29 is 13.9 Å². The molecule has 0 aliphatic rings. The van der Waals surface area contributed by atoms with Gasteiger partial charge in [-0.25, -0.2) is 4.39 Å². The second kappa shape index (κ2) is 6.52. The fourth-order valence-corrected chi connectivity index (χ4v) is 1.29. The molecule has 3 nitrogen and oxygen atoms in total. The second-order valence-corrected chi connectivity index (χ2v) is 3.66. The molecule has 0 spiro atoms. The van der Waals surface area contributed by atoms with Crippen LogP contribution in [0.2, 0.25) is 0 Å². The number of thiocarbonyl (C=S) groups is 1. The molecule has 0 aromatic heterocycles. The number of hydrogen-bond acceptors (Lipinski definition) is 3. The van der Waals surface area contributed by atoms with E-state index in [1.807, 2.05) is 0 Å². The van der Waals surface area contributed by atoms with Gasteiger partial charge in [-0.05, 0) is 18.2 Å². The van der Waals surface area contributed by atoms with Gasteiger partial charge in [0, 0.05) is 18.2 Å². The minimum Gasteiger partial charge on any atom is -0.389 e. The Morgan fingerprint density at radius 3 is 2.81 bits per heavy atom. The second-order valence-electron chi connectivity index (χ2n) is 3.22. The van der Waals surface area contributed by atoms with Crippen LogP contribution in [0.15, 0.2) is 18.2 Å². The molecule has 0 aliphatic heterocycles. The molecule has 0 amide bonds. The maximum absolute atomic E-state index is 13.3. The van der Waals surface area contributed by atoms with Crippen LogP contribution in [-0.4, -0.2) is 25.3 Å². The first-order valence-corrected chi connectivity index (χ1v) is 5.21. The Morgan fingerprint density at radius 2 is 2.19 bits per heavy atom. The maximum Gasteiger partial charge on any atom is 0.128 e. The molecule has 16 heavy (non-hydrogen) atoms. The molecule has 0 atom stereocenters. The van der Waals surface area contributed by atoms with Gasteiger partial charge in [-0.2, -0.15) is 0 Å². The van der Waals surface area contributed by atoms with Crippen LogP contribution in [0.25, 0.3) is 0 Å². The molecule has 1 aromatic carbocycles. The summed E-state index contributed by atoms with van der Waals surface area (Å²) in [6.07, 6.45) is 0. The van der Waals surface area contributed by atoms with Gasteiger partial charge in [0.15, 0.2) is 0 Å². The Labute approximate surface area is 99.3 Å². The fraction of sp³-hybridized carbons (Fsp3) is 0.364. The molecule has 1 rings (SSSR count). The van der Waals surface area contributed by atoms with Crippen LogP contribution < -0.4 is 5.73 Å². The van der Waals surface area contributed by atoms with E-state index in [0.717, 1.165) is 0 Å². The normalized spacial score (nSPS) is 10.4. The third-order valence-electron chi connectivity index (χ3n) is 2.02. The standard InChI is InChI=1S/C11H14FNO2S/c1-14-4-5-15-7-9-6-8(11(13)16)2-3-10(9)12/h2-3,6H,4-5,7H2,1H3,(H2,13,16). The van der Waals surface area contributed by atoms with Crippen molar-refractivity contribution in [2.45, 2.75) is 6.61 Å². The molecule has 2 N–H and O–H groups in total. The smallest absolute Gasteiger partial charge is 0.128 e. The van der Waals surface area contributed by atoms with Gasteiger partial charge in [-0.3, -0.25) is 0 Å². The topological polar surface area (TPSA) is 44.5 Å². The van der Waals surface area contributed by atoms with Crippen molar-refractivity contribution in [3.05, 3.63) is 35.1 Å². The highest BCUT2D eigenvalue weighted by Gasteiger charge is 2.05. The minimum absolute atomic E-state index is 0.186. The Kier molecular flexibility index (Phi) is 5.31. The summed E-state index contributed by atoms with van der Waals surface area (Å²) in [6, 6.07) is 4.49. The number of methoxy groups -OCH3 is 1. The van der Waals surface area contributed by atoms with Crippen LogP contribution >= 0.6 is 12.2 Å². The summed E-state index contributed by atoms with van der Waals surface area (Å²) >= 11 is 4.81. The average Bonchev–Trinajstić information content (AvgIpc) is 2.26. The van der Waals surface area contributed by atoms with Gasteiger partial charge in [-0.15, -0.1) is 0 Å². The van der Waals surface area contributed by atoms with E-state index >= 15 is 0 Å². The van der Waals surface area contributed by atoms with Crippen LogP contribution in [0.3, 0.4) is 0 Å². The highest BCUT2D eigenvalue weighted by molar-refractivity contribution is 7.80. The van der Waals surface area contributed by atoms with Gasteiger partial charge in [0.25, 0.3) is 0 Å². The Balaban J connectivity index is 2.63. The van der Waals surface area contributed by atoms with Gasteiger partial charge < -0.3 is 15.2 Å². The Morgan fingerprint density at radius 1 is 1.44 bits per heavy atom. The third kappa shape index (κ3) is 3.84. The van der Waals surface area contributed by atoms with Gasteiger partial charge in [0.05, 0.1) is 19.8 Å². The third-order valence-corrected chi connectivity index (χ3v) is 2.26. The van der Waals surface area contributed by atoms with Crippen molar-refractivity contribution in [2.75, 3.05) is 20.3 Å². The maximum atomic E-state index is 13.3. The van der Waals surface area contributed by atoms with E-state index in [1.54, 1.807) is 19.2 Å². The predicted octanol–water partition coefficient (Wildman–Crippen LogP) is 1.62. The van der Waals surface area contributed by atoms with E-state index in [0.29, 0.717) is 24.3 Å². The van der Waals surface area contributed by atoms with Crippen LogP contribution in [0.4, 0.5) is 4.39 Å². The molecule has 0 aliphatic carbocycles. The molecule has 5 heteroatoms. The summed E-state index contributed by atoms with van der Waals surface area (Å²) in [4.78, 5) is 0.248. The lowest BCUT2D eigenvalue weighted by atomic mass is 10.1. The lowest BCUT2D eigenvalue weighted by Gasteiger charge is -2.07. The molecule has 0 heterocycles. The summed E-state index contributed by atoms with van der Waals surface area (Å²) < 4.78 is 23.4. The molecule has 0 saturated heterocycles. The minimum atomic E-state index is -0.322. The lowest BCUT2D eigenvalue weighted by molar-refractivity contribution is 0.0604. The van der Waals surface area contributed by atoms with Crippen LogP contribution in [0.1, 0.15) is 11.1 Å². The van der Waals surface area contributed by atoms with Gasteiger partial charge in [0.1, 0.15) is 10.8 Å². The number of benzene rings is 1. The summed E-state index contributed by atoms with van der Waals surface area (Å²) in [7, 11) is 1.58. The molecule has 1 aromatic rings. The quantitative estimate of drug-likeness (QED) is 0.609. The van der Waals surface area contributed by atoms with Crippen LogP contribution in [-0.2, 0) is 16.1 Å². The van der Waals surface area contributed by atoms with Crippen molar-refractivity contribution in [3.63, 3.8) is 0 Å². The van der Waals surface area contributed by atoms with E-state index in [9.17, 15) is 4.39 Å². The van der Waals surface area contributed by atoms with Crippen molar-refractivity contribution in [1.82, 2.24) is 0 Å². The van der Waals surface area contributed by atoms with E-state index < -0.39 is 0 Å². The van der Waals surface area contributed by atoms with E-state index in [1.165, 1.54) is 6.07 Å². The molecule has 0 radical (unpaired) electrons. The molecule has 0 bridgehead atoms. The average molecular weight is 243 g/mol. The first-order valence-electron chi connectivity index (χ1n) is 4.80. The number of halogens is 1. The molecule has 0 saturated carbocycles. The van der Waals surface area contributed by atoms with E-state index in [4.69, 9.17) is 27.4 Å². The van der Waals surface area contributed by atoms with E-state index in [2.05, 4.69) is 0 Å². The molecule has 88 valence electrons. The molecule has 0 fully saturated rings. The first-order chi connectivity index (χ1) is 7.65. The monoisotopic (exact) mass is 243 g/mol. The fourth-order valence-electron chi connectivity index (χ4n) is 1.16. The summed E-state index contributed by atoms with van der Waals surface area (Å²) in [6.45, 7) is 1.09. The SMILES string of the molecule is COCCOCc1cc(C(N)=S)ccc1F.